The lowest BCUT2D eigenvalue weighted by atomic mass is 9.96. The molecule has 1 aliphatic rings. The summed E-state index contributed by atoms with van der Waals surface area (Å²) in [7, 11) is 2.06. The van der Waals surface area contributed by atoms with Crippen molar-refractivity contribution in [1.82, 2.24) is 5.32 Å². The van der Waals surface area contributed by atoms with Crippen molar-refractivity contribution in [1.29, 1.82) is 0 Å². The van der Waals surface area contributed by atoms with E-state index >= 15 is 0 Å². The third-order valence-corrected chi connectivity index (χ3v) is 4.39. The van der Waals surface area contributed by atoms with E-state index in [9.17, 15) is 9.18 Å². The lowest BCUT2D eigenvalue weighted by Crippen LogP contribution is -2.36. The van der Waals surface area contributed by atoms with Crippen molar-refractivity contribution in [3.63, 3.8) is 0 Å². The van der Waals surface area contributed by atoms with Crippen LogP contribution < -0.4 is 10.2 Å². The summed E-state index contributed by atoms with van der Waals surface area (Å²) in [4.78, 5) is 14.4. The summed E-state index contributed by atoms with van der Waals surface area (Å²) in [5.74, 6) is -0.275. The van der Waals surface area contributed by atoms with E-state index in [0.717, 1.165) is 24.2 Å². The van der Waals surface area contributed by atoms with Crippen LogP contribution in [0.4, 0.5) is 10.1 Å². The fourth-order valence-electron chi connectivity index (χ4n) is 3.09. The van der Waals surface area contributed by atoms with Gasteiger partial charge in [-0.25, -0.2) is 4.39 Å². The lowest BCUT2D eigenvalue weighted by Gasteiger charge is -2.33. The second kappa shape index (κ2) is 6.82. The minimum Gasteiger partial charge on any atom is -0.374 e. The number of aryl methyl sites for hydroxylation is 1. The molecule has 1 amide bonds. The van der Waals surface area contributed by atoms with Crippen LogP contribution in [-0.2, 0) is 11.2 Å². The van der Waals surface area contributed by atoms with Crippen molar-refractivity contribution >= 4 is 11.6 Å². The molecule has 0 saturated carbocycles. The number of fused-ring (bicyclic) bond motifs is 1. The van der Waals surface area contributed by atoms with Gasteiger partial charge in [-0.1, -0.05) is 36.4 Å². The lowest BCUT2D eigenvalue weighted by molar-refractivity contribution is -0.121. The molecular formula is C19H21FN2O. The maximum absolute atomic E-state index is 13.6. The van der Waals surface area contributed by atoms with E-state index in [-0.39, 0.29) is 17.8 Å². The number of amides is 1. The van der Waals surface area contributed by atoms with E-state index in [4.69, 9.17) is 0 Å². The fourth-order valence-corrected chi connectivity index (χ4v) is 3.09. The Morgan fingerprint density at radius 3 is 2.78 bits per heavy atom. The molecule has 0 spiro atoms. The van der Waals surface area contributed by atoms with Crippen LogP contribution in [0, 0.1) is 5.82 Å². The van der Waals surface area contributed by atoms with Gasteiger partial charge in [-0.2, -0.15) is 0 Å². The predicted molar refractivity (Wildman–Crippen MR) is 89.9 cm³/mol. The summed E-state index contributed by atoms with van der Waals surface area (Å²) in [6, 6.07) is 14.8. The van der Waals surface area contributed by atoms with Gasteiger partial charge in [-0.15, -0.1) is 0 Å². The van der Waals surface area contributed by atoms with Crippen molar-refractivity contribution in [2.24, 2.45) is 0 Å². The molecule has 4 heteroatoms. The van der Waals surface area contributed by atoms with Gasteiger partial charge in [-0.3, -0.25) is 4.79 Å². The molecule has 0 fully saturated rings. The standard InChI is InChI=1S/C19H21FN2O/c1-22-13-12-17(15-7-3-5-9-18(15)22)21-19(23)11-10-14-6-2-4-8-16(14)20/h2-9,17H,10-13H2,1H3,(H,21,23). The molecule has 1 aliphatic heterocycles. The van der Waals surface area contributed by atoms with Crippen LogP contribution in [0.2, 0.25) is 0 Å². The van der Waals surface area contributed by atoms with Crippen LogP contribution in [0.15, 0.2) is 48.5 Å². The second-order valence-corrected chi connectivity index (χ2v) is 5.98. The van der Waals surface area contributed by atoms with Gasteiger partial charge in [0.15, 0.2) is 0 Å². The quantitative estimate of drug-likeness (QED) is 0.938. The van der Waals surface area contributed by atoms with Crippen LogP contribution in [0.3, 0.4) is 0 Å². The summed E-state index contributed by atoms with van der Waals surface area (Å²) in [6.07, 6.45) is 1.61. The Labute approximate surface area is 136 Å². The predicted octanol–water partition coefficient (Wildman–Crippen LogP) is 3.46. The van der Waals surface area contributed by atoms with Gasteiger partial charge >= 0.3 is 0 Å². The first-order valence-electron chi connectivity index (χ1n) is 7.98. The first kappa shape index (κ1) is 15.5. The number of para-hydroxylation sites is 1. The summed E-state index contributed by atoms with van der Waals surface area (Å²) >= 11 is 0. The summed E-state index contributed by atoms with van der Waals surface area (Å²) in [5.41, 5.74) is 2.91. The molecule has 23 heavy (non-hydrogen) atoms. The summed E-state index contributed by atoms with van der Waals surface area (Å²) < 4.78 is 13.6. The monoisotopic (exact) mass is 312 g/mol. The molecule has 1 atom stereocenters. The fraction of sp³-hybridized carbons (Fsp3) is 0.316. The smallest absolute Gasteiger partial charge is 0.220 e. The molecular weight excluding hydrogens is 291 g/mol. The Morgan fingerprint density at radius 2 is 1.96 bits per heavy atom. The SMILES string of the molecule is CN1CCC(NC(=O)CCc2ccccc2F)c2ccccc21. The molecule has 1 heterocycles. The normalized spacial score (nSPS) is 16.8. The van der Waals surface area contributed by atoms with Gasteiger partial charge in [-0.05, 0) is 36.1 Å². The van der Waals surface area contributed by atoms with Crippen molar-refractivity contribution in [2.45, 2.75) is 25.3 Å². The maximum atomic E-state index is 13.6. The van der Waals surface area contributed by atoms with E-state index in [2.05, 4.69) is 29.4 Å². The minimum atomic E-state index is -0.245. The highest BCUT2D eigenvalue weighted by Gasteiger charge is 2.23. The van der Waals surface area contributed by atoms with Gasteiger partial charge < -0.3 is 10.2 Å². The number of hydrogen-bond donors (Lipinski definition) is 1. The Bertz CT molecular complexity index is 701. The molecule has 2 aromatic rings. The topological polar surface area (TPSA) is 32.3 Å². The van der Waals surface area contributed by atoms with Crippen molar-refractivity contribution in [2.75, 3.05) is 18.5 Å². The number of benzene rings is 2. The zero-order valence-corrected chi connectivity index (χ0v) is 13.3. The van der Waals surface area contributed by atoms with Gasteiger partial charge in [0.1, 0.15) is 5.82 Å². The van der Waals surface area contributed by atoms with E-state index < -0.39 is 0 Å². The molecule has 1 unspecified atom stereocenters. The van der Waals surface area contributed by atoms with Crippen molar-refractivity contribution < 1.29 is 9.18 Å². The highest BCUT2D eigenvalue weighted by atomic mass is 19.1. The maximum Gasteiger partial charge on any atom is 0.220 e. The average molecular weight is 312 g/mol. The van der Waals surface area contributed by atoms with Gasteiger partial charge in [0.2, 0.25) is 5.91 Å². The molecule has 0 aliphatic carbocycles. The Hall–Kier alpha value is -2.36. The van der Waals surface area contributed by atoms with Crippen molar-refractivity contribution in [3.8, 4) is 0 Å². The number of nitrogens with one attached hydrogen (secondary N) is 1. The van der Waals surface area contributed by atoms with Gasteiger partial charge in [0.25, 0.3) is 0 Å². The first-order chi connectivity index (χ1) is 11.1. The Morgan fingerprint density at radius 1 is 1.22 bits per heavy atom. The largest absolute Gasteiger partial charge is 0.374 e. The highest BCUT2D eigenvalue weighted by molar-refractivity contribution is 5.77. The number of carbonyl (C=O) groups is 1. The van der Waals surface area contributed by atoms with Crippen LogP contribution >= 0.6 is 0 Å². The van der Waals surface area contributed by atoms with Crippen LogP contribution in [-0.4, -0.2) is 19.5 Å². The zero-order chi connectivity index (χ0) is 16.2. The van der Waals surface area contributed by atoms with E-state index in [1.165, 1.54) is 6.07 Å². The molecule has 0 radical (unpaired) electrons. The van der Waals surface area contributed by atoms with Gasteiger partial charge in [0.05, 0.1) is 6.04 Å². The second-order valence-electron chi connectivity index (χ2n) is 5.98. The number of carbonyl (C=O) groups excluding carboxylic acids is 1. The van der Waals surface area contributed by atoms with Crippen molar-refractivity contribution in [3.05, 3.63) is 65.5 Å². The van der Waals surface area contributed by atoms with E-state index in [0.29, 0.717) is 18.4 Å². The molecule has 120 valence electrons. The number of rotatable bonds is 4. The minimum absolute atomic E-state index is 0.0300. The summed E-state index contributed by atoms with van der Waals surface area (Å²) in [6.45, 7) is 0.912. The first-order valence-corrected chi connectivity index (χ1v) is 7.98. The van der Waals surface area contributed by atoms with Crippen LogP contribution in [0.5, 0.6) is 0 Å². The number of anilines is 1. The number of nitrogens with zero attached hydrogens (tertiary/aromatic N) is 1. The molecule has 0 aromatic heterocycles. The highest BCUT2D eigenvalue weighted by Crippen LogP contribution is 2.32. The average Bonchev–Trinajstić information content (AvgIpc) is 2.57. The Balaban J connectivity index is 1.63. The number of hydrogen-bond acceptors (Lipinski definition) is 2. The molecule has 3 nitrogen and oxygen atoms in total. The summed E-state index contributed by atoms with van der Waals surface area (Å²) in [5, 5.41) is 3.10. The van der Waals surface area contributed by atoms with Gasteiger partial charge in [0, 0.05) is 25.7 Å². The van der Waals surface area contributed by atoms with E-state index in [1.54, 1.807) is 18.2 Å². The molecule has 1 N–H and O–H groups in total. The molecule has 2 aromatic carbocycles. The molecule has 0 saturated heterocycles. The Kier molecular flexibility index (Phi) is 4.60. The van der Waals surface area contributed by atoms with E-state index in [1.807, 2.05) is 12.1 Å². The van der Waals surface area contributed by atoms with Crippen LogP contribution in [0.25, 0.3) is 0 Å². The third-order valence-electron chi connectivity index (χ3n) is 4.39. The molecule has 3 rings (SSSR count). The van der Waals surface area contributed by atoms with Crippen LogP contribution in [0.1, 0.15) is 30.0 Å². The molecule has 0 bridgehead atoms. The number of halogens is 1. The third kappa shape index (κ3) is 3.52. The zero-order valence-electron chi connectivity index (χ0n) is 13.3.